The zero-order valence-electron chi connectivity index (χ0n) is 30.8. The molecule has 11 rings (SSSR count). The summed E-state index contributed by atoms with van der Waals surface area (Å²) in [4.78, 5) is 15.2. The molecule has 0 radical (unpaired) electrons. The van der Waals surface area contributed by atoms with Gasteiger partial charge in [-0.2, -0.15) is 0 Å². The third-order valence-electron chi connectivity index (χ3n) is 11.0. The Morgan fingerprint density at radius 3 is 1.54 bits per heavy atom. The van der Waals surface area contributed by atoms with Crippen molar-refractivity contribution in [2.24, 2.45) is 0 Å². The molecule has 1 aromatic heterocycles. The highest BCUT2D eigenvalue weighted by atomic mass is 16.5. The molecule has 0 bridgehead atoms. The van der Waals surface area contributed by atoms with Gasteiger partial charge in [-0.25, -0.2) is 15.0 Å². The molecule has 1 N–H and O–H groups in total. The Morgan fingerprint density at radius 1 is 0.351 bits per heavy atom. The number of anilines is 1. The molecule has 57 heavy (non-hydrogen) atoms. The average Bonchev–Trinajstić information content (AvgIpc) is 3.76. The SMILES string of the molecule is c1ccc(-c2ccc(-c3nc(-c4ccc(-c5ccc6c(c5)c5c(c7ccccc76)NC(c6ccccc6)O5)cc4)nc(-c4ccc5ccccc5c4)n3)cc2)cc1. The minimum atomic E-state index is -0.260. The Bertz CT molecular complexity index is 3110. The summed E-state index contributed by atoms with van der Waals surface area (Å²) in [5.41, 5.74) is 9.41. The maximum atomic E-state index is 6.70. The van der Waals surface area contributed by atoms with Crippen LogP contribution in [0.3, 0.4) is 0 Å². The van der Waals surface area contributed by atoms with Gasteiger partial charge in [-0.3, -0.25) is 0 Å². The molecule has 0 spiro atoms. The van der Waals surface area contributed by atoms with E-state index in [9.17, 15) is 0 Å². The van der Waals surface area contributed by atoms with Crippen LogP contribution in [0.2, 0.25) is 0 Å². The number of nitrogens with one attached hydrogen (secondary N) is 1. The molecule has 1 unspecified atom stereocenters. The van der Waals surface area contributed by atoms with Crippen LogP contribution in [0.5, 0.6) is 5.75 Å². The zero-order chi connectivity index (χ0) is 37.7. The van der Waals surface area contributed by atoms with Crippen molar-refractivity contribution in [2.75, 3.05) is 5.32 Å². The summed E-state index contributed by atoms with van der Waals surface area (Å²) in [6.07, 6.45) is -0.260. The van der Waals surface area contributed by atoms with Crippen molar-refractivity contribution in [3.05, 3.63) is 200 Å². The van der Waals surface area contributed by atoms with Gasteiger partial charge in [0.15, 0.2) is 29.5 Å². The lowest BCUT2D eigenvalue weighted by Crippen LogP contribution is -2.09. The number of rotatable bonds is 6. The summed E-state index contributed by atoms with van der Waals surface area (Å²) >= 11 is 0. The minimum absolute atomic E-state index is 0.260. The van der Waals surface area contributed by atoms with Gasteiger partial charge >= 0.3 is 0 Å². The first-order valence-electron chi connectivity index (χ1n) is 19.2. The molecule has 0 amide bonds. The van der Waals surface area contributed by atoms with E-state index in [4.69, 9.17) is 19.7 Å². The van der Waals surface area contributed by atoms with Crippen LogP contribution in [0.25, 0.3) is 88.7 Å². The number of hydrogen-bond donors (Lipinski definition) is 1. The molecule has 0 fully saturated rings. The van der Waals surface area contributed by atoms with Crippen LogP contribution in [-0.2, 0) is 0 Å². The van der Waals surface area contributed by atoms with Gasteiger partial charge < -0.3 is 10.1 Å². The molecule has 1 aliphatic heterocycles. The Labute approximate surface area is 330 Å². The largest absolute Gasteiger partial charge is 0.464 e. The Kier molecular flexibility index (Phi) is 7.81. The fraction of sp³-hybridized carbons (Fsp3) is 0.0192. The summed E-state index contributed by atoms with van der Waals surface area (Å²) in [5.74, 6) is 2.77. The molecule has 1 aliphatic rings. The van der Waals surface area contributed by atoms with E-state index < -0.39 is 0 Å². The van der Waals surface area contributed by atoms with E-state index in [-0.39, 0.29) is 6.23 Å². The molecule has 0 saturated heterocycles. The fourth-order valence-electron chi connectivity index (χ4n) is 8.01. The van der Waals surface area contributed by atoms with Gasteiger partial charge in [0, 0.05) is 33.0 Å². The van der Waals surface area contributed by atoms with Crippen LogP contribution in [0.1, 0.15) is 11.8 Å². The molecule has 5 heteroatoms. The molecule has 5 nitrogen and oxygen atoms in total. The highest BCUT2D eigenvalue weighted by Gasteiger charge is 2.28. The molecule has 0 aliphatic carbocycles. The van der Waals surface area contributed by atoms with E-state index in [2.05, 4.69) is 175 Å². The lowest BCUT2D eigenvalue weighted by molar-refractivity contribution is 0.262. The predicted octanol–water partition coefficient (Wildman–Crippen LogP) is 13.2. The standard InChI is InChI=1S/C52H34N4O/c1-3-11-33(12-4-1)35-19-24-37(25-20-35)49-54-50(56-51(55-49)42-28-23-34-13-7-8-16-40(34)31-42)38-26-21-36(22-27-38)41-29-30-44-43-17-9-10-18-45(43)47-48(46(44)32-41)57-52(53-47)39-14-5-2-6-15-39/h1-32,52-53H. The molecule has 2 heterocycles. The van der Waals surface area contributed by atoms with Gasteiger partial charge in [-0.15, -0.1) is 0 Å². The van der Waals surface area contributed by atoms with E-state index in [1.54, 1.807) is 0 Å². The molecule has 268 valence electrons. The van der Waals surface area contributed by atoms with Crippen LogP contribution in [0, 0.1) is 0 Å². The lowest BCUT2D eigenvalue weighted by atomic mass is 9.95. The predicted molar refractivity (Wildman–Crippen MR) is 233 cm³/mol. The quantitative estimate of drug-likeness (QED) is 0.173. The van der Waals surface area contributed by atoms with E-state index in [1.807, 2.05) is 24.3 Å². The van der Waals surface area contributed by atoms with Crippen molar-refractivity contribution in [3.63, 3.8) is 0 Å². The minimum Gasteiger partial charge on any atom is -0.464 e. The van der Waals surface area contributed by atoms with E-state index >= 15 is 0 Å². The molecule has 1 atom stereocenters. The second-order valence-electron chi connectivity index (χ2n) is 14.5. The number of hydrogen-bond acceptors (Lipinski definition) is 5. The van der Waals surface area contributed by atoms with Crippen LogP contribution in [-0.4, -0.2) is 15.0 Å². The topological polar surface area (TPSA) is 59.9 Å². The van der Waals surface area contributed by atoms with Gasteiger partial charge in [-0.05, 0) is 55.9 Å². The summed E-state index contributed by atoms with van der Waals surface area (Å²) < 4.78 is 6.70. The first-order valence-corrected chi connectivity index (χ1v) is 19.2. The van der Waals surface area contributed by atoms with Crippen LogP contribution >= 0.6 is 0 Å². The van der Waals surface area contributed by atoms with Crippen molar-refractivity contribution >= 4 is 38.0 Å². The summed E-state index contributed by atoms with van der Waals surface area (Å²) in [6, 6.07) is 67.6. The highest BCUT2D eigenvalue weighted by molar-refractivity contribution is 6.18. The molecular formula is C52H34N4O. The molecule has 10 aromatic rings. The summed E-state index contributed by atoms with van der Waals surface area (Å²) in [5, 5.41) is 10.6. The van der Waals surface area contributed by atoms with Crippen LogP contribution in [0.15, 0.2) is 194 Å². The van der Waals surface area contributed by atoms with Gasteiger partial charge in [-0.1, -0.05) is 182 Å². The fourth-order valence-corrected chi connectivity index (χ4v) is 8.01. The Morgan fingerprint density at radius 2 is 0.842 bits per heavy atom. The van der Waals surface area contributed by atoms with Crippen molar-refractivity contribution in [2.45, 2.75) is 6.23 Å². The summed E-state index contributed by atoms with van der Waals surface area (Å²) in [7, 11) is 0. The van der Waals surface area contributed by atoms with Gasteiger partial charge in [0.2, 0.25) is 0 Å². The molecule has 9 aromatic carbocycles. The normalized spacial score (nSPS) is 13.4. The second kappa shape index (κ2) is 13.6. The number of fused-ring (bicyclic) bond motifs is 7. The van der Waals surface area contributed by atoms with E-state index in [1.165, 1.54) is 16.3 Å². The van der Waals surface area contributed by atoms with Crippen molar-refractivity contribution < 1.29 is 4.74 Å². The third kappa shape index (κ3) is 5.94. The third-order valence-corrected chi connectivity index (χ3v) is 11.0. The van der Waals surface area contributed by atoms with Gasteiger partial charge in [0.1, 0.15) is 0 Å². The second-order valence-corrected chi connectivity index (χ2v) is 14.5. The maximum Gasteiger partial charge on any atom is 0.196 e. The van der Waals surface area contributed by atoms with Crippen molar-refractivity contribution in [3.8, 4) is 62.2 Å². The zero-order valence-corrected chi connectivity index (χ0v) is 30.8. The lowest BCUT2D eigenvalue weighted by Gasteiger charge is -2.13. The summed E-state index contributed by atoms with van der Waals surface area (Å²) in [6.45, 7) is 0. The van der Waals surface area contributed by atoms with Gasteiger partial charge in [0.25, 0.3) is 0 Å². The first kappa shape index (κ1) is 32.8. The molecular weight excluding hydrogens is 697 g/mol. The van der Waals surface area contributed by atoms with Gasteiger partial charge in [0.05, 0.1) is 5.69 Å². The van der Waals surface area contributed by atoms with Crippen molar-refractivity contribution in [1.82, 2.24) is 15.0 Å². The smallest absolute Gasteiger partial charge is 0.196 e. The molecule has 0 saturated carbocycles. The number of ether oxygens (including phenoxy) is 1. The van der Waals surface area contributed by atoms with Crippen molar-refractivity contribution in [1.29, 1.82) is 0 Å². The first-order chi connectivity index (χ1) is 28.2. The van der Waals surface area contributed by atoms with E-state index in [0.29, 0.717) is 17.5 Å². The van der Waals surface area contributed by atoms with Crippen LogP contribution < -0.4 is 10.1 Å². The maximum absolute atomic E-state index is 6.70. The highest BCUT2D eigenvalue weighted by Crippen LogP contribution is 2.49. The monoisotopic (exact) mass is 730 g/mol. The number of benzene rings is 9. The van der Waals surface area contributed by atoms with Crippen LogP contribution in [0.4, 0.5) is 5.69 Å². The average molecular weight is 731 g/mol. The Hall–Kier alpha value is -7.63. The Balaban J connectivity index is 0.983. The number of aromatic nitrogens is 3. The number of nitrogens with zero attached hydrogens (tertiary/aromatic N) is 3. The van der Waals surface area contributed by atoms with E-state index in [0.717, 1.165) is 71.9 Å².